The minimum atomic E-state index is -3.93. The smallest absolute Gasteiger partial charge is 0.282 e. The molecule has 0 aromatic heterocycles. The van der Waals surface area contributed by atoms with E-state index in [4.69, 9.17) is 11.6 Å². The molecule has 0 heterocycles. The van der Waals surface area contributed by atoms with Gasteiger partial charge in [-0.3, -0.25) is 4.79 Å². The Morgan fingerprint density at radius 2 is 1.50 bits per heavy atom. The Morgan fingerprint density at radius 3 is 2.08 bits per heavy atom. The fraction of sp³-hybridized carbons (Fsp3) is 0.200. The predicted molar refractivity (Wildman–Crippen MR) is 104 cm³/mol. The predicted octanol–water partition coefficient (Wildman–Crippen LogP) is 4.48. The highest BCUT2D eigenvalue weighted by molar-refractivity contribution is 7.90. The number of benzene rings is 2. The van der Waals surface area contributed by atoms with E-state index in [1.54, 1.807) is 48.5 Å². The molecule has 0 amide bonds. The van der Waals surface area contributed by atoms with Crippen LogP contribution in [0.1, 0.15) is 42.3 Å². The van der Waals surface area contributed by atoms with Gasteiger partial charge in [0, 0.05) is 11.1 Å². The van der Waals surface area contributed by atoms with E-state index in [0.717, 1.165) is 5.56 Å². The Bertz CT molecular complexity index is 1040. The summed E-state index contributed by atoms with van der Waals surface area (Å²) in [6.45, 7) is 6.17. The first-order valence-corrected chi connectivity index (χ1v) is 9.88. The minimum Gasteiger partial charge on any atom is -0.288 e. The molecule has 3 rings (SSSR count). The number of carbonyl (C=O) groups excluding carboxylic acids is 1. The van der Waals surface area contributed by atoms with E-state index in [0.29, 0.717) is 11.1 Å². The van der Waals surface area contributed by atoms with Gasteiger partial charge in [0.25, 0.3) is 10.0 Å². The second kappa shape index (κ2) is 6.49. The van der Waals surface area contributed by atoms with Gasteiger partial charge >= 0.3 is 0 Å². The van der Waals surface area contributed by atoms with Crippen molar-refractivity contribution < 1.29 is 13.2 Å². The molecule has 26 heavy (non-hydrogen) atoms. The Labute approximate surface area is 158 Å². The van der Waals surface area contributed by atoms with Crippen molar-refractivity contribution in [3.8, 4) is 0 Å². The van der Waals surface area contributed by atoms with Gasteiger partial charge in [0.1, 0.15) is 0 Å². The topological polar surface area (TPSA) is 63.6 Å². The van der Waals surface area contributed by atoms with Gasteiger partial charge in [0.15, 0.2) is 0 Å². The van der Waals surface area contributed by atoms with Gasteiger partial charge < -0.3 is 0 Å². The van der Waals surface area contributed by atoms with Crippen LogP contribution < -0.4 is 0 Å². The van der Waals surface area contributed by atoms with Crippen LogP contribution in [0.5, 0.6) is 0 Å². The molecule has 4 nitrogen and oxygen atoms in total. The number of hydrogen-bond donors (Lipinski definition) is 0. The number of Topliss-reactive ketones (excluding diaryl/α,β-unsaturated/α-hetero) is 1. The van der Waals surface area contributed by atoms with E-state index in [1.807, 2.05) is 0 Å². The van der Waals surface area contributed by atoms with Crippen LogP contribution in [0.25, 0.3) is 0 Å². The molecule has 2 aromatic carbocycles. The van der Waals surface area contributed by atoms with Gasteiger partial charge in [-0.15, -0.1) is 0 Å². The molecule has 1 aliphatic rings. The summed E-state index contributed by atoms with van der Waals surface area (Å²) in [6.07, 6.45) is 1.30. The summed E-state index contributed by atoms with van der Waals surface area (Å²) >= 11 is 5.97. The van der Waals surface area contributed by atoms with Crippen LogP contribution in [-0.2, 0) is 15.4 Å². The van der Waals surface area contributed by atoms with Crippen molar-refractivity contribution in [2.75, 3.05) is 0 Å². The van der Waals surface area contributed by atoms with Gasteiger partial charge in [0.05, 0.1) is 15.6 Å². The molecule has 2 aromatic rings. The molecular formula is C20H18ClNO3S. The molecule has 134 valence electrons. The summed E-state index contributed by atoms with van der Waals surface area (Å²) in [5.74, 6) is -0.340. The minimum absolute atomic E-state index is 0.0549. The zero-order chi connectivity index (χ0) is 19.1. The molecule has 0 fully saturated rings. The Kier molecular flexibility index (Phi) is 4.63. The molecule has 0 N–H and O–H groups in total. The highest BCUT2D eigenvalue weighted by atomic mass is 35.5. The molecule has 1 aliphatic carbocycles. The van der Waals surface area contributed by atoms with Crippen molar-refractivity contribution in [2.45, 2.75) is 31.1 Å². The molecular weight excluding hydrogens is 370 g/mol. The van der Waals surface area contributed by atoms with Crippen LogP contribution in [-0.4, -0.2) is 19.9 Å². The van der Waals surface area contributed by atoms with E-state index in [2.05, 4.69) is 25.2 Å². The van der Waals surface area contributed by atoms with E-state index in [-0.39, 0.29) is 26.8 Å². The van der Waals surface area contributed by atoms with Crippen LogP contribution in [0.2, 0.25) is 0 Å². The first-order valence-electron chi connectivity index (χ1n) is 8.06. The molecule has 0 aliphatic heterocycles. The lowest BCUT2D eigenvalue weighted by atomic mass is 9.87. The maximum atomic E-state index is 12.7. The molecule has 0 saturated heterocycles. The maximum absolute atomic E-state index is 12.7. The average Bonchev–Trinajstić information content (AvgIpc) is 2.59. The molecule has 0 bridgehead atoms. The van der Waals surface area contributed by atoms with E-state index >= 15 is 0 Å². The molecule has 0 radical (unpaired) electrons. The van der Waals surface area contributed by atoms with Crippen LogP contribution in [0.15, 0.2) is 68.9 Å². The zero-order valence-corrected chi connectivity index (χ0v) is 16.2. The Hall–Kier alpha value is -2.24. The summed E-state index contributed by atoms with van der Waals surface area (Å²) in [4.78, 5) is 12.2. The monoisotopic (exact) mass is 387 g/mol. The van der Waals surface area contributed by atoms with Crippen molar-refractivity contribution in [2.24, 2.45) is 4.40 Å². The summed E-state index contributed by atoms with van der Waals surface area (Å²) in [7, 11) is -3.93. The quantitative estimate of drug-likeness (QED) is 0.763. The zero-order valence-electron chi connectivity index (χ0n) is 14.7. The molecule has 0 spiro atoms. The fourth-order valence-corrected chi connectivity index (χ4v) is 3.88. The second-order valence-electron chi connectivity index (χ2n) is 7.09. The highest BCUT2D eigenvalue weighted by Crippen LogP contribution is 2.27. The van der Waals surface area contributed by atoms with Crippen molar-refractivity contribution in [1.82, 2.24) is 0 Å². The summed E-state index contributed by atoms with van der Waals surface area (Å²) in [6, 6.07) is 13.3. The molecule has 0 saturated carbocycles. The van der Waals surface area contributed by atoms with E-state index < -0.39 is 10.0 Å². The SMILES string of the molecule is CC(C)(C)c1ccc(S(=O)(=O)N=C2C=C(Cl)C(=O)c3ccccc32)cc1. The largest absolute Gasteiger partial charge is 0.288 e. The van der Waals surface area contributed by atoms with E-state index in [9.17, 15) is 13.2 Å². The first-order chi connectivity index (χ1) is 12.1. The van der Waals surface area contributed by atoms with Crippen LogP contribution >= 0.6 is 11.6 Å². The number of rotatable bonds is 2. The number of halogens is 1. The molecule has 0 unspecified atom stereocenters. The lowest BCUT2D eigenvalue weighted by Crippen LogP contribution is -2.16. The Balaban J connectivity index is 2.07. The van der Waals surface area contributed by atoms with Crippen LogP contribution in [0.4, 0.5) is 0 Å². The van der Waals surface area contributed by atoms with Crippen molar-refractivity contribution in [3.63, 3.8) is 0 Å². The Morgan fingerprint density at radius 1 is 0.923 bits per heavy atom. The normalized spacial score (nSPS) is 16.4. The number of fused-ring (bicyclic) bond motifs is 1. The standard InChI is InChI=1S/C20H18ClNO3S/c1-20(2,3)13-8-10-14(11-9-13)26(24,25)22-18-12-17(21)19(23)16-7-5-4-6-15(16)18/h4-12H,1-3H3. The van der Waals surface area contributed by atoms with Gasteiger partial charge in [-0.2, -0.15) is 12.8 Å². The van der Waals surface area contributed by atoms with Gasteiger partial charge in [-0.05, 0) is 29.2 Å². The third kappa shape index (κ3) is 3.50. The average molecular weight is 388 g/mol. The third-order valence-corrected chi connectivity index (χ3v) is 5.75. The number of allylic oxidation sites excluding steroid dienone is 2. The number of ketones is 1. The second-order valence-corrected chi connectivity index (χ2v) is 9.10. The van der Waals surface area contributed by atoms with Crippen molar-refractivity contribution in [1.29, 1.82) is 0 Å². The van der Waals surface area contributed by atoms with Crippen molar-refractivity contribution in [3.05, 3.63) is 76.3 Å². The lowest BCUT2D eigenvalue weighted by Gasteiger charge is -2.19. The first kappa shape index (κ1) is 18.5. The number of carbonyl (C=O) groups is 1. The van der Waals surface area contributed by atoms with Gasteiger partial charge in [0.2, 0.25) is 5.78 Å². The number of hydrogen-bond acceptors (Lipinski definition) is 3. The maximum Gasteiger partial charge on any atom is 0.282 e. The number of sulfonamides is 1. The lowest BCUT2D eigenvalue weighted by molar-refractivity contribution is 0.104. The fourth-order valence-electron chi connectivity index (χ4n) is 2.68. The van der Waals surface area contributed by atoms with Crippen molar-refractivity contribution >= 4 is 33.1 Å². The van der Waals surface area contributed by atoms with Gasteiger partial charge in [-0.1, -0.05) is 68.8 Å². The summed E-state index contributed by atoms with van der Waals surface area (Å²) < 4.78 is 29.4. The van der Waals surface area contributed by atoms with Gasteiger partial charge in [-0.25, -0.2) is 0 Å². The number of nitrogens with zero attached hydrogens (tertiary/aromatic N) is 1. The molecule has 6 heteroatoms. The summed E-state index contributed by atoms with van der Waals surface area (Å²) in [5, 5.41) is -0.0549. The van der Waals surface area contributed by atoms with Crippen LogP contribution in [0.3, 0.4) is 0 Å². The summed E-state index contributed by atoms with van der Waals surface area (Å²) in [5.41, 5.74) is 1.91. The van der Waals surface area contributed by atoms with E-state index in [1.165, 1.54) is 6.08 Å². The van der Waals surface area contributed by atoms with Crippen LogP contribution in [0, 0.1) is 0 Å². The molecule has 0 atom stereocenters. The highest BCUT2D eigenvalue weighted by Gasteiger charge is 2.25. The third-order valence-electron chi connectivity index (χ3n) is 4.16.